The molecule has 0 bridgehead atoms. The molecule has 0 aliphatic heterocycles. The number of hydrogen-bond donors (Lipinski definition) is 1. The molecule has 1 N–H and O–H groups in total. The van der Waals surface area contributed by atoms with E-state index in [1.165, 1.54) is 12.8 Å². The molecule has 0 saturated heterocycles. The lowest BCUT2D eigenvalue weighted by Gasteiger charge is -2.42. The van der Waals surface area contributed by atoms with Crippen molar-refractivity contribution in [2.24, 2.45) is 11.3 Å². The van der Waals surface area contributed by atoms with Crippen LogP contribution in [0.5, 0.6) is 0 Å². The lowest BCUT2D eigenvalue weighted by Crippen LogP contribution is -2.43. The van der Waals surface area contributed by atoms with Crippen LogP contribution in [0, 0.1) is 11.3 Å². The van der Waals surface area contributed by atoms with Crippen molar-refractivity contribution < 1.29 is 5.11 Å². The smallest absolute Gasteiger partial charge is 0.0543 e. The van der Waals surface area contributed by atoms with E-state index in [-0.39, 0.29) is 5.41 Å². The Labute approximate surface area is 123 Å². The number of aliphatic hydroxyl groups excluding tert-OH is 1. The fraction of sp³-hybridized carbons (Fsp3) is 0.706. The van der Waals surface area contributed by atoms with Gasteiger partial charge in [0.05, 0.1) is 5.69 Å². The molecule has 3 heteroatoms. The normalized spacial score (nSPS) is 26.9. The van der Waals surface area contributed by atoms with E-state index in [2.05, 4.69) is 29.8 Å². The zero-order chi connectivity index (χ0) is 14.4. The zero-order valence-electron chi connectivity index (χ0n) is 12.9. The van der Waals surface area contributed by atoms with Crippen molar-refractivity contribution in [3.8, 4) is 0 Å². The van der Waals surface area contributed by atoms with Gasteiger partial charge in [0.25, 0.3) is 0 Å². The average Bonchev–Trinajstić information content (AvgIpc) is 2.47. The molecule has 1 aromatic rings. The van der Waals surface area contributed by atoms with Crippen LogP contribution in [0.15, 0.2) is 24.4 Å². The highest BCUT2D eigenvalue weighted by molar-refractivity contribution is 5.03. The zero-order valence-corrected chi connectivity index (χ0v) is 12.9. The third kappa shape index (κ3) is 4.03. The lowest BCUT2D eigenvalue weighted by molar-refractivity contribution is 0.0227. The minimum atomic E-state index is 0.0997. The SMILES string of the molecule is CCN(Cc1ccccn1)CC1(CO)CCCC(C)C1. The summed E-state index contributed by atoms with van der Waals surface area (Å²) in [4.78, 5) is 6.85. The van der Waals surface area contributed by atoms with Crippen molar-refractivity contribution in [1.82, 2.24) is 9.88 Å². The molecule has 1 saturated carbocycles. The molecule has 2 rings (SSSR count). The molecule has 0 spiro atoms. The van der Waals surface area contributed by atoms with Gasteiger partial charge in [-0.25, -0.2) is 0 Å². The highest BCUT2D eigenvalue weighted by atomic mass is 16.3. The van der Waals surface area contributed by atoms with Crippen LogP contribution in [-0.2, 0) is 6.54 Å². The molecule has 20 heavy (non-hydrogen) atoms. The molecule has 0 amide bonds. The Morgan fingerprint density at radius 1 is 1.45 bits per heavy atom. The molecule has 1 fully saturated rings. The minimum absolute atomic E-state index is 0.0997. The number of rotatable bonds is 6. The highest BCUT2D eigenvalue weighted by Crippen LogP contribution is 2.39. The van der Waals surface area contributed by atoms with Crippen LogP contribution in [-0.4, -0.2) is 34.7 Å². The Bertz CT molecular complexity index is 395. The third-order valence-electron chi connectivity index (χ3n) is 4.64. The summed E-state index contributed by atoms with van der Waals surface area (Å²) in [6.07, 6.45) is 6.74. The molecule has 3 nitrogen and oxygen atoms in total. The van der Waals surface area contributed by atoms with Crippen LogP contribution in [0.2, 0.25) is 0 Å². The van der Waals surface area contributed by atoms with Crippen molar-refractivity contribution in [1.29, 1.82) is 0 Å². The van der Waals surface area contributed by atoms with E-state index < -0.39 is 0 Å². The maximum absolute atomic E-state index is 9.93. The molecule has 1 heterocycles. The van der Waals surface area contributed by atoms with E-state index in [1.54, 1.807) is 0 Å². The molecule has 1 aliphatic rings. The van der Waals surface area contributed by atoms with Gasteiger partial charge in [-0.2, -0.15) is 0 Å². The van der Waals surface area contributed by atoms with Crippen molar-refractivity contribution in [2.75, 3.05) is 19.7 Å². The average molecular weight is 276 g/mol. The Morgan fingerprint density at radius 3 is 2.90 bits per heavy atom. The number of aromatic nitrogens is 1. The quantitative estimate of drug-likeness (QED) is 0.867. The number of pyridine rings is 1. The lowest BCUT2D eigenvalue weighted by atomic mass is 9.70. The summed E-state index contributed by atoms with van der Waals surface area (Å²) < 4.78 is 0. The van der Waals surface area contributed by atoms with Gasteiger partial charge in [0.2, 0.25) is 0 Å². The fourth-order valence-electron chi connectivity index (χ4n) is 3.58. The standard InChI is InChI=1S/C17H28N2O/c1-3-19(12-16-8-4-5-10-18-16)13-17(14-20)9-6-7-15(2)11-17/h4-5,8,10,15,20H,3,6-7,9,11-14H2,1-2H3. The summed E-state index contributed by atoms with van der Waals surface area (Å²) in [5, 5.41) is 9.93. The summed E-state index contributed by atoms with van der Waals surface area (Å²) in [6, 6.07) is 6.08. The van der Waals surface area contributed by atoms with Crippen LogP contribution in [0.4, 0.5) is 0 Å². The second-order valence-corrected chi connectivity index (χ2v) is 6.48. The van der Waals surface area contributed by atoms with Crippen LogP contribution in [0.3, 0.4) is 0 Å². The van der Waals surface area contributed by atoms with Gasteiger partial charge in [0.15, 0.2) is 0 Å². The second-order valence-electron chi connectivity index (χ2n) is 6.48. The third-order valence-corrected chi connectivity index (χ3v) is 4.64. The monoisotopic (exact) mass is 276 g/mol. The first kappa shape index (κ1) is 15.5. The van der Waals surface area contributed by atoms with Crippen molar-refractivity contribution >= 4 is 0 Å². The summed E-state index contributed by atoms with van der Waals surface area (Å²) in [5.74, 6) is 0.740. The van der Waals surface area contributed by atoms with E-state index in [9.17, 15) is 5.11 Å². The van der Waals surface area contributed by atoms with E-state index in [4.69, 9.17) is 0 Å². The van der Waals surface area contributed by atoms with Crippen LogP contribution < -0.4 is 0 Å². The van der Waals surface area contributed by atoms with Gasteiger partial charge in [0, 0.05) is 31.3 Å². The Morgan fingerprint density at radius 2 is 2.30 bits per heavy atom. The van der Waals surface area contributed by atoms with Crippen LogP contribution in [0.25, 0.3) is 0 Å². The predicted molar refractivity (Wildman–Crippen MR) is 82.3 cm³/mol. The Kier molecular flexibility index (Phi) is 5.55. The Hall–Kier alpha value is -0.930. The Balaban J connectivity index is 2.00. The largest absolute Gasteiger partial charge is 0.396 e. The number of aliphatic hydroxyl groups is 1. The van der Waals surface area contributed by atoms with Gasteiger partial charge >= 0.3 is 0 Å². The van der Waals surface area contributed by atoms with Gasteiger partial charge in [-0.1, -0.05) is 32.8 Å². The first-order valence-electron chi connectivity index (χ1n) is 7.90. The minimum Gasteiger partial charge on any atom is -0.396 e. The predicted octanol–water partition coefficient (Wildman–Crippen LogP) is 3.09. The molecule has 2 unspecified atom stereocenters. The van der Waals surface area contributed by atoms with E-state index in [1.807, 2.05) is 18.3 Å². The van der Waals surface area contributed by atoms with Gasteiger partial charge in [-0.05, 0) is 37.4 Å². The first-order valence-corrected chi connectivity index (χ1v) is 7.90. The number of nitrogens with zero attached hydrogens (tertiary/aromatic N) is 2. The van der Waals surface area contributed by atoms with Gasteiger partial charge in [-0.15, -0.1) is 0 Å². The van der Waals surface area contributed by atoms with Crippen LogP contribution >= 0.6 is 0 Å². The number of hydrogen-bond acceptors (Lipinski definition) is 3. The maximum Gasteiger partial charge on any atom is 0.0543 e. The van der Waals surface area contributed by atoms with Gasteiger partial charge in [0.1, 0.15) is 0 Å². The molecular weight excluding hydrogens is 248 g/mol. The van der Waals surface area contributed by atoms with E-state index in [0.29, 0.717) is 6.61 Å². The van der Waals surface area contributed by atoms with Crippen LogP contribution in [0.1, 0.15) is 45.2 Å². The molecular formula is C17H28N2O. The van der Waals surface area contributed by atoms with Crippen molar-refractivity contribution in [3.05, 3.63) is 30.1 Å². The van der Waals surface area contributed by atoms with Crippen molar-refractivity contribution in [3.63, 3.8) is 0 Å². The molecule has 0 aromatic carbocycles. The van der Waals surface area contributed by atoms with E-state index in [0.717, 1.165) is 44.1 Å². The fourth-order valence-corrected chi connectivity index (χ4v) is 3.58. The second kappa shape index (κ2) is 7.19. The topological polar surface area (TPSA) is 36.4 Å². The molecule has 0 radical (unpaired) electrons. The van der Waals surface area contributed by atoms with E-state index >= 15 is 0 Å². The first-order chi connectivity index (χ1) is 9.67. The van der Waals surface area contributed by atoms with Gasteiger partial charge < -0.3 is 5.11 Å². The molecule has 112 valence electrons. The molecule has 2 atom stereocenters. The summed E-state index contributed by atoms with van der Waals surface area (Å²) in [6.45, 7) is 7.70. The highest BCUT2D eigenvalue weighted by Gasteiger charge is 2.35. The molecule has 1 aliphatic carbocycles. The van der Waals surface area contributed by atoms with Crippen molar-refractivity contribution in [2.45, 2.75) is 46.1 Å². The maximum atomic E-state index is 9.93. The summed E-state index contributed by atoms with van der Waals surface area (Å²) in [7, 11) is 0. The summed E-state index contributed by atoms with van der Waals surface area (Å²) in [5.41, 5.74) is 1.22. The summed E-state index contributed by atoms with van der Waals surface area (Å²) >= 11 is 0. The molecule has 1 aromatic heterocycles. The van der Waals surface area contributed by atoms with Gasteiger partial charge in [-0.3, -0.25) is 9.88 Å².